The van der Waals surface area contributed by atoms with E-state index in [-0.39, 0.29) is 0 Å². The van der Waals surface area contributed by atoms with Crippen molar-refractivity contribution in [2.75, 3.05) is 0 Å². The van der Waals surface area contributed by atoms with Crippen LogP contribution in [0.15, 0.2) is 0 Å². The Balaban J connectivity index is 4.93. The maximum absolute atomic E-state index is 2.48. The van der Waals surface area contributed by atoms with Crippen molar-refractivity contribution < 1.29 is 0 Å². The molecule has 0 nitrogen and oxygen atoms in total. The molecule has 0 saturated carbocycles. The van der Waals surface area contributed by atoms with Gasteiger partial charge in [-0.05, 0) is 0 Å². The minimum atomic E-state index is 0.812. The van der Waals surface area contributed by atoms with Crippen molar-refractivity contribution in [3.8, 4) is 0 Å². The van der Waals surface area contributed by atoms with Crippen LogP contribution in [-0.4, -0.2) is 6.71 Å². The van der Waals surface area contributed by atoms with E-state index in [2.05, 4.69) is 55.4 Å². The molecule has 0 heterocycles. The van der Waals surface area contributed by atoms with E-state index < -0.39 is 0 Å². The Hall–Kier alpha value is 0.0649. The fraction of sp³-hybridized carbons (Fsp3) is 1.00. The van der Waals surface area contributed by atoms with Crippen LogP contribution in [0.1, 0.15) is 74.7 Å². The van der Waals surface area contributed by atoms with E-state index >= 15 is 0 Å². The molecule has 0 saturated heterocycles. The highest BCUT2D eigenvalue weighted by molar-refractivity contribution is 6.63. The summed E-state index contributed by atoms with van der Waals surface area (Å²) in [4.78, 5) is 0. The lowest BCUT2D eigenvalue weighted by molar-refractivity contribution is 0.533. The van der Waals surface area contributed by atoms with Crippen molar-refractivity contribution in [2.24, 2.45) is 11.8 Å². The SMILES string of the molecule is CCCC(CC)B(C(C)C(C)C)C(C)C(C)C. The lowest BCUT2D eigenvalue weighted by Gasteiger charge is -2.37. The van der Waals surface area contributed by atoms with Gasteiger partial charge in [-0.25, -0.2) is 0 Å². The van der Waals surface area contributed by atoms with Gasteiger partial charge in [0, 0.05) is 0 Å². The van der Waals surface area contributed by atoms with Crippen molar-refractivity contribution in [1.29, 1.82) is 0 Å². The third-order valence-electron chi connectivity index (χ3n) is 5.05. The molecule has 0 rings (SSSR count). The van der Waals surface area contributed by atoms with Gasteiger partial charge >= 0.3 is 0 Å². The Morgan fingerprint density at radius 1 is 0.765 bits per heavy atom. The zero-order valence-electron chi connectivity index (χ0n) is 13.6. The fourth-order valence-corrected chi connectivity index (χ4v) is 3.27. The maximum atomic E-state index is 2.48. The number of hydrogen-bond donors (Lipinski definition) is 0. The summed E-state index contributed by atoms with van der Waals surface area (Å²) in [6.07, 6.45) is 4.10. The van der Waals surface area contributed by atoms with Crippen LogP contribution >= 0.6 is 0 Å². The zero-order chi connectivity index (χ0) is 13.6. The molecule has 3 unspecified atom stereocenters. The zero-order valence-corrected chi connectivity index (χ0v) is 13.6. The molecule has 0 aliphatic heterocycles. The molecule has 0 aliphatic rings. The van der Waals surface area contributed by atoms with Crippen LogP contribution in [0.3, 0.4) is 0 Å². The van der Waals surface area contributed by atoms with Gasteiger partial charge in [-0.1, -0.05) is 104 Å². The van der Waals surface area contributed by atoms with Gasteiger partial charge in [0.05, 0.1) is 0 Å². The van der Waals surface area contributed by atoms with E-state index in [4.69, 9.17) is 0 Å². The molecule has 0 bridgehead atoms. The van der Waals surface area contributed by atoms with Crippen LogP contribution in [0.25, 0.3) is 0 Å². The first-order chi connectivity index (χ1) is 7.86. The molecule has 0 N–H and O–H groups in total. The summed E-state index contributed by atoms with van der Waals surface area (Å²) in [5, 5.41) is 0. The second-order valence-corrected chi connectivity index (χ2v) is 6.74. The van der Waals surface area contributed by atoms with E-state index in [1.54, 1.807) is 0 Å². The lowest BCUT2D eigenvalue weighted by Crippen LogP contribution is -2.34. The molecule has 0 aromatic heterocycles. The summed E-state index contributed by atoms with van der Waals surface area (Å²) in [6.45, 7) is 20.1. The van der Waals surface area contributed by atoms with Gasteiger partial charge in [0.15, 0.2) is 0 Å². The second kappa shape index (κ2) is 8.22. The Morgan fingerprint density at radius 2 is 1.18 bits per heavy atom. The summed E-state index contributed by atoms with van der Waals surface area (Å²) in [5.41, 5.74) is 0. The Bertz CT molecular complexity index is 172. The molecular formula is C16H35B. The van der Waals surface area contributed by atoms with Gasteiger partial charge in [0.2, 0.25) is 0 Å². The molecular weight excluding hydrogens is 203 g/mol. The van der Waals surface area contributed by atoms with Crippen LogP contribution in [0, 0.1) is 11.8 Å². The normalized spacial score (nSPS) is 17.3. The van der Waals surface area contributed by atoms with Gasteiger partial charge in [0.25, 0.3) is 0 Å². The Kier molecular flexibility index (Phi) is 8.25. The summed E-state index contributed by atoms with van der Waals surface area (Å²) in [6, 6.07) is 0. The quantitative estimate of drug-likeness (QED) is 0.444. The van der Waals surface area contributed by atoms with Crippen molar-refractivity contribution in [1.82, 2.24) is 0 Å². The van der Waals surface area contributed by atoms with Gasteiger partial charge in [-0.3, -0.25) is 0 Å². The standard InChI is InChI=1S/C16H35B/c1-9-11-16(10-2)17(14(7)12(3)4)15(8)13(5)6/h12-16H,9-11H2,1-8H3. The van der Waals surface area contributed by atoms with Crippen molar-refractivity contribution in [2.45, 2.75) is 92.1 Å². The first-order valence-electron chi connectivity index (χ1n) is 7.86. The number of hydrogen-bond acceptors (Lipinski definition) is 0. The second-order valence-electron chi connectivity index (χ2n) is 6.74. The molecule has 102 valence electrons. The molecule has 0 amide bonds. The molecule has 1 heteroatoms. The van der Waals surface area contributed by atoms with E-state index in [0.717, 1.165) is 36.0 Å². The molecule has 0 spiro atoms. The summed E-state index contributed by atoms with van der Waals surface area (Å²) in [5.74, 6) is 4.25. The molecule has 3 atom stereocenters. The predicted molar refractivity (Wildman–Crippen MR) is 83.2 cm³/mol. The van der Waals surface area contributed by atoms with Crippen LogP contribution in [0.2, 0.25) is 17.5 Å². The predicted octanol–water partition coefficient (Wildman–Crippen LogP) is 6.15. The average Bonchev–Trinajstić information content (AvgIpc) is 2.27. The Morgan fingerprint density at radius 3 is 1.41 bits per heavy atom. The van der Waals surface area contributed by atoms with E-state index in [0.29, 0.717) is 0 Å². The third kappa shape index (κ3) is 5.06. The van der Waals surface area contributed by atoms with Crippen LogP contribution < -0.4 is 0 Å². The van der Waals surface area contributed by atoms with E-state index in [1.165, 1.54) is 19.3 Å². The first kappa shape index (κ1) is 17.1. The highest BCUT2D eigenvalue weighted by Crippen LogP contribution is 2.41. The molecule has 0 fully saturated rings. The maximum Gasteiger partial charge on any atom is 0.149 e. The summed E-state index contributed by atoms with van der Waals surface area (Å²) in [7, 11) is 0. The van der Waals surface area contributed by atoms with Gasteiger partial charge in [-0.15, -0.1) is 0 Å². The highest BCUT2D eigenvalue weighted by atomic mass is 14.2. The summed E-state index contributed by atoms with van der Waals surface area (Å²) >= 11 is 0. The highest BCUT2D eigenvalue weighted by Gasteiger charge is 2.36. The number of rotatable bonds is 8. The largest absolute Gasteiger partial charge is 0.149 e. The fourth-order valence-electron chi connectivity index (χ4n) is 3.27. The van der Waals surface area contributed by atoms with Crippen LogP contribution in [0.5, 0.6) is 0 Å². The third-order valence-corrected chi connectivity index (χ3v) is 5.05. The Labute approximate surface area is 111 Å². The topological polar surface area (TPSA) is 0 Å². The smallest absolute Gasteiger partial charge is 0.0688 e. The van der Waals surface area contributed by atoms with Crippen molar-refractivity contribution in [3.63, 3.8) is 0 Å². The lowest BCUT2D eigenvalue weighted by atomic mass is 9.25. The molecule has 0 aliphatic carbocycles. The molecule has 0 aromatic rings. The molecule has 17 heavy (non-hydrogen) atoms. The van der Waals surface area contributed by atoms with Crippen molar-refractivity contribution >= 4 is 6.71 Å². The van der Waals surface area contributed by atoms with Crippen LogP contribution in [-0.2, 0) is 0 Å². The van der Waals surface area contributed by atoms with Crippen LogP contribution in [0.4, 0.5) is 0 Å². The minimum absolute atomic E-state index is 0.812. The molecule has 0 aromatic carbocycles. The van der Waals surface area contributed by atoms with Gasteiger partial charge in [0.1, 0.15) is 6.71 Å². The molecule has 0 radical (unpaired) electrons. The van der Waals surface area contributed by atoms with Gasteiger partial charge in [-0.2, -0.15) is 0 Å². The van der Waals surface area contributed by atoms with Crippen molar-refractivity contribution in [3.05, 3.63) is 0 Å². The first-order valence-corrected chi connectivity index (χ1v) is 7.86. The minimum Gasteiger partial charge on any atom is -0.0688 e. The van der Waals surface area contributed by atoms with Gasteiger partial charge < -0.3 is 0 Å². The monoisotopic (exact) mass is 238 g/mol. The summed E-state index contributed by atoms with van der Waals surface area (Å²) < 4.78 is 0. The average molecular weight is 238 g/mol. The van der Waals surface area contributed by atoms with E-state index in [9.17, 15) is 0 Å². The van der Waals surface area contributed by atoms with E-state index in [1.807, 2.05) is 0 Å².